The maximum absolute atomic E-state index is 11.9. The molecule has 0 bridgehead atoms. The van der Waals surface area contributed by atoms with E-state index in [-0.39, 0.29) is 5.60 Å². The zero-order valence-corrected chi connectivity index (χ0v) is 8.08. The SMILES string of the molecule is CC1CCCC2(C1)OC1CC1C2=O. The van der Waals surface area contributed by atoms with Gasteiger partial charge in [0.2, 0.25) is 0 Å². The Morgan fingerprint density at radius 1 is 1.54 bits per heavy atom. The van der Waals surface area contributed by atoms with Crippen LogP contribution in [0.5, 0.6) is 0 Å². The van der Waals surface area contributed by atoms with Crippen molar-refractivity contribution in [2.75, 3.05) is 0 Å². The van der Waals surface area contributed by atoms with Crippen molar-refractivity contribution in [2.45, 2.75) is 50.7 Å². The number of fused-ring (bicyclic) bond motifs is 1. The molecule has 2 nitrogen and oxygen atoms in total. The van der Waals surface area contributed by atoms with Crippen LogP contribution < -0.4 is 0 Å². The van der Waals surface area contributed by atoms with Crippen molar-refractivity contribution in [3.63, 3.8) is 0 Å². The van der Waals surface area contributed by atoms with Crippen molar-refractivity contribution in [1.82, 2.24) is 0 Å². The molecule has 0 amide bonds. The molecule has 1 heterocycles. The number of ketones is 1. The van der Waals surface area contributed by atoms with E-state index in [1.54, 1.807) is 0 Å². The zero-order valence-electron chi connectivity index (χ0n) is 8.08. The fourth-order valence-corrected chi connectivity index (χ4v) is 3.10. The highest BCUT2D eigenvalue weighted by atomic mass is 16.5. The van der Waals surface area contributed by atoms with E-state index in [4.69, 9.17) is 4.74 Å². The van der Waals surface area contributed by atoms with Gasteiger partial charge in [-0.05, 0) is 31.6 Å². The number of hydrogen-bond donors (Lipinski definition) is 0. The third-order valence-corrected chi connectivity index (χ3v) is 3.85. The predicted molar refractivity (Wildman–Crippen MR) is 48.4 cm³/mol. The lowest BCUT2D eigenvalue weighted by molar-refractivity contribution is -0.142. The third kappa shape index (κ3) is 1.01. The summed E-state index contributed by atoms with van der Waals surface area (Å²) in [7, 11) is 0. The number of ether oxygens (including phenoxy) is 1. The molecule has 3 fully saturated rings. The molecule has 2 heteroatoms. The maximum atomic E-state index is 11.9. The van der Waals surface area contributed by atoms with Crippen LogP contribution in [0.2, 0.25) is 0 Å². The summed E-state index contributed by atoms with van der Waals surface area (Å²) >= 11 is 0. The molecule has 0 aromatic rings. The minimum absolute atomic E-state index is 0.297. The van der Waals surface area contributed by atoms with Gasteiger partial charge in [-0.25, -0.2) is 0 Å². The first-order valence-corrected chi connectivity index (χ1v) is 5.43. The number of rotatable bonds is 0. The molecule has 2 saturated carbocycles. The van der Waals surface area contributed by atoms with Gasteiger partial charge in [0.1, 0.15) is 5.60 Å². The first-order chi connectivity index (χ1) is 6.21. The van der Waals surface area contributed by atoms with E-state index in [1.165, 1.54) is 12.8 Å². The van der Waals surface area contributed by atoms with E-state index in [9.17, 15) is 4.79 Å². The van der Waals surface area contributed by atoms with Gasteiger partial charge in [-0.2, -0.15) is 0 Å². The van der Waals surface area contributed by atoms with E-state index in [2.05, 4.69) is 6.92 Å². The highest BCUT2D eigenvalue weighted by Gasteiger charge is 2.62. The summed E-state index contributed by atoms with van der Waals surface area (Å²) in [4.78, 5) is 11.9. The molecule has 72 valence electrons. The Kier molecular flexibility index (Phi) is 1.44. The normalized spacial score (nSPS) is 53.9. The smallest absolute Gasteiger partial charge is 0.170 e. The lowest BCUT2D eigenvalue weighted by Gasteiger charge is -2.35. The highest BCUT2D eigenvalue weighted by Crippen LogP contribution is 2.53. The van der Waals surface area contributed by atoms with Crippen LogP contribution in [0.25, 0.3) is 0 Å². The van der Waals surface area contributed by atoms with Crippen LogP contribution in [0.3, 0.4) is 0 Å². The van der Waals surface area contributed by atoms with Crippen molar-refractivity contribution in [3.05, 3.63) is 0 Å². The van der Waals surface area contributed by atoms with Gasteiger partial charge in [-0.15, -0.1) is 0 Å². The Hall–Kier alpha value is -0.370. The Morgan fingerprint density at radius 3 is 3.00 bits per heavy atom. The molecule has 1 spiro atoms. The van der Waals surface area contributed by atoms with Crippen molar-refractivity contribution in [2.24, 2.45) is 11.8 Å². The molecule has 0 N–H and O–H groups in total. The quantitative estimate of drug-likeness (QED) is 0.569. The monoisotopic (exact) mass is 180 g/mol. The molecule has 2 aliphatic carbocycles. The summed E-state index contributed by atoms with van der Waals surface area (Å²) in [6.07, 6.45) is 5.75. The zero-order chi connectivity index (χ0) is 9.05. The second kappa shape index (κ2) is 2.35. The molecular formula is C11H16O2. The fraction of sp³-hybridized carbons (Fsp3) is 0.909. The van der Waals surface area contributed by atoms with Gasteiger partial charge in [0.05, 0.1) is 6.10 Å². The van der Waals surface area contributed by atoms with Crippen LogP contribution in [-0.4, -0.2) is 17.5 Å². The summed E-state index contributed by atoms with van der Waals surface area (Å²) < 4.78 is 5.90. The topological polar surface area (TPSA) is 26.3 Å². The number of hydrogen-bond acceptors (Lipinski definition) is 2. The van der Waals surface area contributed by atoms with Crippen molar-refractivity contribution < 1.29 is 9.53 Å². The van der Waals surface area contributed by atoms with Gasteiger partial charge in [-0.3, -0.25) is 4.79 Å². The maximum Gasteiger partial charge on any atom is 0.170 e. The second-order valence-corrected chi connectivity index (χ2v) is 5.06. The minimum atomic E-state index is -0.314. The summed E-state index contributed by atoms with van der Waals surface area (Å²) in [6.45, 7) is 2.24. The molecule has 1 aliphatic heterocycles. The van der Waals surface area contributed by atoms with Crippen LogP contribution in [0.15, 0.2) is 0 Å². The number of carbonyl (C=O) groups excluding carboxylic acids is 1. The fourth-order valence-electron chi connectivity index (χ4n) is 3.10. The van der Waals surface area contributed by atoms with Gasteiger partial charge in [0.25, 0.3) is 0 Å². The van der Waals surface area contributed by atoms with Crippen molar-refractivity contribution >= 4 is 5.78 Å². The number of Topliss-reactive ketones (excluding diaryl/α,β-unsaturated/α-hetero) is 1. The Labute approximate surface area is 78.6 Å². The van der Waals surface area contributed by atoms with Crippen LogP contribution in [-0.2, 0) is 9.53 Å². The van der Waals surface area contributed by atoms with Crippen LogP contribution in [0, 0.1) is 11.8 Å². The first-order valence-electron chi connectivity index (χ1n) is 5.43. The van der Waals surface area contributed by atoms with Crippen LogP contribution >= 0.6 is 0 Å². The van der Waals surface area contributed by atoms with Gasteiger partial charge in [0.15, 0.2) is 5.78 Å². The van der Waals surface area contributed by atoms with Crippen LogP contribution in [0.4, 0.5) is 0 Å². The highest BCUT2D eigenvalue weighted by molar-refractivity contribution is 5.94. The van der Waals surface area contributed by atoms with E-state index in [1.807, 2.05) is 0 Å². The van der Waals surface area contributed by atoms with Gasteiger partial charge in [0, 0.05) is 5.92 Å². The second-order valence-electron chi connectivity index (χ2n) is 5.06. The van der Waals surface area contributed by atoms with Crippen molar-refractivity contribution in [1.29, 1.82) is 0 Å². The van der Waals surface area contributed by atoms with E-state index < -0.39 is 0 Å². The van der Waals surface area contributed by atoms with Gasteiger partial charge < -0.3 is 4.74 Å². The molecular weight excluding hydrogens is 164 g/mol. The third-order valence-electron chi connectivity index (χ3n) is 3.85. The molecule has 4 atom stereocenters. The summed E-state index contributed by atoms with van der Waals surface area (Å²) in [5.41, 5.74) is -0.314. The molecule has 0 radical (unpaired) electrons. The van der Waals surface area contributed by atoms with E-state index in [0.29, 0.717) is 23.7 Å². The molecule has 3 rings (SSSR count). The number of carbonyl (C=O) groups is 1. The average Bonchev–Trinajstić information content (AvgIpc) is 2.77. The molecule has 1 saturated heterocycles. The van der Waals surface area contributed by atoms with Crippen molar-refractivity contribution in [3.8, 4) is 0 Å². The Balaban J connectivity index is 1.84. The molecule has 13 heavy (non-hydrogen) atoms. The largest absolute Gasteiger partial charge is 0.363 e. The Bertz CT molecular complexity index is 261. The van der Waals surface area contributed by atoms with E-state index >= 15 is 0 Å². The summed E-state index contributed by atoms with van der Waals surface area (Å²) in [5, 5.41) is 0. The molecule has 0 aromatic carbocycles. The molecule has 0 aromatic heterocycles. The lowest BCUT2D eigenvalue weighted by Crippen LogP contribution is -2.42. The standard InChI is InChI=1S/C11H16O2/c1-7-3-2-4-11(6-7)10(12)8-5-9(8)13-11/h7-9H,2-6H2,1H3. The molecule has 4 unspecified atom stereocenters. The average molecular weight is 180 g/mol. The summed E-state index contributed by atoms with van der Waals surface area (Å²) in [6, 6.07) is 0. The van der Waals surface area contributed by atoms with Crippen LogP contribution in [0.1, 0.15) is 39.0 Å². The first kappa shape index (κ1) is 7.98. The lowest BCUT2D eigenvalue weighted by atomic mass is 9.76. The summed E-state index contributed by atoms with van der Waals surface area (Å²) in [5.74, 6) is 1.41. The predicted octanol–water partition coefficient (Wildman–Crippen LogP) is 1.92. The van der Waals surface area contributed by atoms with E-state index in [0.717, 1.165) is 19.3 Å². The van der Waals surface area contributed by atoms with Gasteiger partial charge in [-0.1, -0.05) is 13.3 Å². The molecule has 3 aliphatic rings. The Morgan fingerprint density at radius 2 is 2.38 bits per heavy atom. The van der Waals surface area contributed by atoms with Gasteiger partial charge >= 0.3 is 0 Å². The minimum Gasteiger partial charge on any atom is -0.363 e.